The number of rotatable bonds is 7. The lowest BCUT2D eigenvalue weighted by Crippen LogP contribution is -2.38. The zero-order valence-corrected chi connectivity index (χ0v) is 12.8. The van der Waals surface area contributed by atoms with Gasteiger partial charge in [0.2, 0.25) is 0 Å². The van der Waals surface area contributed by atoms with Gasteiger partial charge in [-0.15, -0.1) is 0 Å². The number of guanidine groups is 1. The molecule has 1 aromatic carbocycles. The Balaban J connectivity index is 1.74. The van der Waals surface area contributed by atoms with Gasteiger partial charge in [-0.3, -0.25) is 4.99 Å². The normalized spacial score (nSPS) is 15.2. The summed E-state index contributed by atoms with van der Waals surface area (Å²) in [5.74, 6) is 1.80. The highest BCUT2D eigenvalue weighted by Gasteiger charge is 2.20. The van der Waals surface area contributed by atoms with Gasteiger partial charge < -0.3 is 10.6 Å². The van der Waals surface area contributed by atoms with Crippen LogP contribution in [-0.4, -0.2) is 25.6 Å². The van der Waals surface area contributed by atoms with Gasteiger partial charge in [0, 0.05) is 19.6 Å². The molecule has 1 aliphatic carbocycles. The highest BCUT2D eigenvalue weighted by atomic mass is 15.2. The quantitative estimate of drug-likeness (QED) is 0.592. The summed E-state index contributed by atoms with van der Waals surface area (Å²) in [6.45, 7) is 7.12. The van der Waals surface area contributed by atoms with Crippen LogP contribution in [0.4, 0.5) is 0 Å². The maximum atomic E-state index is 4.63. The summed E-state index contributed by atoms with van der Waals surface area (Å²) in [7, 11) is 0. The Morgan fingerprint density at radius 1 is 1.10 bits per heavy atom. The molecule has 0 heterocycles. The second-order valence-corrected chi connectivity index (χ2v) is 5.51. The lowest BCUT2D eigenvalue weighted by atomic mass is 10.1. The van der Waals surface area contributed by atoms with Gasteiger partial charge in [0.15, 0.2) is 5.96 Å². The number of nitrogens with zero attached hydrogens (tertiary/aromatic N) is 1. The zero-order valence-electron chi connectivity index (χ0n) is 12.8. The predicted octanol–water partition coefficient (Wildman–Crippen LogP) is 2.76. The molecule has 0 aromatic heterocycles. The van der Waals surface area contributed by atoms with Crippen LogP contribution in [-0.2, 0) is 12.8 Å². The molecule has 20 heavy (non-hydrogen) atoms. The highest BCUT2D eigenvalue weighted by Crippen LogP contribution is 2.28. The van der Waals surface area contributed by atoms with Crippen molar-refractivity contribution < 1.29 is 0 Å². The monoisotopic (exact) mass is 273 g/mol. The van der Waals surface area contributed by atoms with Gasteiger partial charge in [0.1, 0.15) is 0 Å². The lowest BCUT2D eigenvalue weighted by Gasteiger charge is -2.11. The summed E-state index contributed by atoms with van der Waals surface area (Å²) in [6.07, 6.45) is 4.86. The fourth-order valence-electron chi connectivity index (χ4n) is 2.13. The molecule has 1 aromatic rings. The van der Waals surface area contributed by atoms with E-state index in [0.29, 0.717) is 0 Å². The van der Waals surface area contributed by atoms with Crippen molar-refractivity contribution in [3.05, 3.63) is 35.4 Å². The van der Waals surface area contributed by atoms with E-state index in [0.717, 1.165) is 44.4 Å². The Morgan fingerprint density at radius 2 is 1.80 bits per heavy atom. The van der Waals surface area contributed by atoms with E-state index in [1.165, 1.54) is 24.0 Å². The zero-order chi connectivity index (χ0) is 14.2. The number of aliphatic imine (C=N–C) groups is 1. The molecule has 3 nitrogen and oxygen atoms in total. The second-order valence-electron chi connectivity index (χ2n) is 5.51. The molecule has 0 atom stereocenters. The molecular weight excluding hydrogens is 246 g/mol. The Bertz CT molecular complexity index is 418. The summed E-state index contributed by atoms with van der Waals surface area (Å²) < 4.78 is 0. The van der Waals surface area contributed by atoms with Gasteiger partial charge in [-0.05, 0) is 49.7 Å². The van der Waals surface area contributed by atoms with Gasteiger partial charge in [-0.25, -0.2) is 0 Å². The third kappa shape index (κ3) is 5.24. The van der Waals surface area contributed by atoms with E-state index < -0.39 is 0 Å². The van der Waals surface area contributed by atoms with Crippen LogP contribution >= 0.6 is 0 Å². The van der Waals surface area contributed by atoms with E-state index in [-0.39, 0.29) is 0 Å². The van der Waals surface area contributed by atoms with Crippen LogP contribution < -0.4 is 10.6 Å². The average molecular weight is 273 g/mol. The number of hydrogen-bond donors (Lipinski definition) is 2. The van der Waals surface area contributed by atoms with Crippen LogP contribution in [0.5, 0.6) is 0 Å². The molecule has 0 spiro atoms. The minimum absolute atomic E-state index is 0.840. The molecule has 2 N–H and O–H groups in total. The second kappa shape index (κ2) is 7.93. The molecule has 0 unspecified atom stereocenters. The number of benzene rings is 1. The molecule has 0 aliphatic heterocycles. The largest absolute Gasteiger partial charge is 0.357 e. The number of hydrogen-bond acceptors (Lipinski definition) is 1. The van der Waals surface area contributed by atoms with Crippen molar-refractivity contribution in [1.82, 2.24) is 10.6 Å². The summed E-state index contributed by atoms with van der Waals surface area (Å²) >= 11 is 0. The van der Waals surface area contributed by atoms with Crippen molar-refractivity contribution in [2.75, 3.05) is 19.6 Å². The Labute approximate surface area is 122 Å². The average Bonchev–Trinajstić information content (AvgIpc) is 3.30. The van der Waals surface area contributed by atoms with Crippen LogP contribution in [0.2, 0.25) is 0 Å². The molecule has 110 valence electrons. The van der Waals surface area contributed by atoms with Crippen molar-refractivity contribution >= 4 is 5.96 Å². The molecule has 2 rings (SSSR count). The maximum absolute atomic E-state index is 4.63. The first kappa shape index (κ1) is 14.9. The molecule has 3 heteroatoms. The fraction of sp³-hybridized carbons (Fsp3) is 0.588. The van der Waals surface area contributed by atoms with Crippen LogP contribution in [0.25, 0.3) is 0 Å². The van der Waals surface area contributed by atoms with Crippen molar-refractivity contribution in [2.24, 2.45) is 10.9 Å². The van der Waals surface area contributed by atoms with Crippen molar-refractivity contribution in [2.45, 2.75) is 39.5 Å². The van der Waals surface area contributed by atoms with Crippen molar-refractivity contribution in [3.63, 3.8) is 0 Å². The van der Waals surface area contributed by atoms with Crippen molar-refractivity contribution in [1.29, 1.82) is 0 Å². The molecular formula is C17H27N3. The molecule has 1 aliphatic rings. The van der Waals surface area contributed by atoms with Crippen LogP contribution in [0.15, 0.2) is 29.3 Å². The van der Waals surface area contributed by atoms with E-state index in [1.807, 2.05) is 0 Å². The Hall–Kier alpha value is -1.51. The van der Waals surface area contributed by atoms with E-state index in [9.17, 15) is 0 Å². The fourth-order valence-corrected chi connectivity index (χ4v) is 2.13. The maximum Gasteiger partial charge on any atom is 0.191 e. The molecule has 0 bridgehead atoms. The molecule has 1 saturated carbocycles. The van der Waals surface area contributed by atoms with Gasteiger partial charge in [-0.2, -0.15) is 0 Å². The van der Waals surface area contributed by atoms with Gasteiger partial charge in [0.05, 0.1) is 0 Å². The van der Waals surface area contributed by atoms with Gasteiger partial charge >= 0.3 is 0 Å². The molecule has 0 saturated heterocycles. The first-order chi connectivity index (χ1) is 9.81. The summed E-state index contributed by atoms with van der Waals surface area (Å²) in [4.78, 5) is 4.63. The topological polar surface area (TPSA) is 36.4 Å². The van der Waals surface area contributed by atoms with E-state index in [2.05, 4.69) is 53.7 Å². The van der Waals surface area contributed by atoms with Gasteiger partial charge in [-0.1, -0.05) is 31.2 Å². The lowest BCUT2D eigenvalue weighted by molar-refractivity contribution is 0.776. The standard InChI is InChI=1S/C17H27N3/c1-3-14-5-7-15(8-6-14)11-12-19-17(18-4-2)20-13-16-9-10-16/h5-8,16H,3-4,9-13H2,1-2H3,(H2,18,19,20). The minimum atomic E-state index is 0.840. The molecule has 1 fully saturated rings. The first-order valence-corrected chi connectivity index (χ1v) is 7.91. The SMILES string of the molecule is CCNC(=NCC1CC1)NCCc1ccc(CC)cc1. The van der Waals surface area contributed by atoms with Gasteiger partial charge in [0.25, 0.3) is 0 Å². The number of nitrogens with one attached hydrogen (secondary N) is 2. The van der Waals surface area contributed by atoms with Crippen LogP contribution in [0.3, 0.4) is 0 Å². The van der Waals surface area contributed by atoms with Crippen LogP contribution in [0.1, 0.15) is 37.8 Å². The van der Waals surface area contributed by atoms with Crippen molar-refractivity contribution in [3.8, 4) is 0 Å². The Morgan fingerprint density at radius 3 is 2.40 bits per heavy atom. The minimum Gasteiger partial charge on any atom is -0.357 e. The third-order valence-electron chi connectivity index (χ3n) is 3.69. The Kier molecular flexibility index (Phi) is 5.90. The predicted molar refractivity (Wildman–Crippen MR) is 86.2 cm³/mol. The summed E-state index contributed by atoms with van der Waals surface area (Å²) in [5, 5.41) is 6.73. The highest BCUT2D eigenvalue weighted by molar-refractivity contribution is 5.79. The third-order valence-corrected chi connectivity index (χ3v) is 3.69. The molecule has 0 radical (unpaired) electrons. The van der Waals surface area contributed by atoms with E-state index >= 15 is 0 Å². The first-order valence-electron chi connectivity index (χ1n) is 7.91. The van der Waals surface area contributed by atoms with E-state index in [4.69, 9.17) is 0 Å². The number of aryl methyl sites for hydroxylation is 1. The summed E-state index contributed by atoms with van der Waals surface area (Å²) in [6, 6.07) is 8.91. The van der Waals surface area contributed by atoms with E-state index in [1.54, 1.807) is 0 Å². The van der Waals surface area contributed by atoms with Crippen LogP contribution in [0, 0.1) is 5.92 Å². The molecule has 0 amide bonds. The smallest absolute Gasteiger partial charge is 0.191 e. The summed E-state index contributed by atoms with van der Waals surface area (Å²) in [5.41, 5.74) is 2.79.